The summed E-state index contributed by atoms with van der Waals surface area (Å²) >= 11 is 2.12. The number of aryl methyl sites for hydroxylation is 1. The van der Waals surface area contributed by atoms with Crippen LogP contribution < -0.4 is 4.72 Å². The van der Waals surface area contributed by atoms with E-state index < -0.39 is 25.9 Å². The molecule has 11 heteroatoms. The van der Waals surface area contributed by atoms with Crippen molar-refractivity contribution in [1.82, 2.24) is 9.62 Å². The smallest absolute Gasteiger partial charge is 0.254 e. The highest BCUT2D eigenvalue weighted by Gasteiger charge is 2.33. The number of alkyl halides is 1. The number of nitrogens with zero attached hydrogens (tertiary/aromatic N) is 2. The van der Waals surface area contributed by atoms with Crippen LogP contribution in [0.1, 0.15) is 34.3 Å². The van der Waals surface area contributed by atoms with Gasteiger partial charge in [0.2, 0.25) is 19.9 Å². The third-order valence-corrected chi connectivity index (χ3v) is 10.8. The van der Waals surface area contributed by atoms with Gasteiger partial charge in [0.05, 0.1) is 30.4 Å². The number of hydrogen-bond donors (Lipinski definition) is 1. The van der Waals surface area contributed by atoms with Gasteiger partial charge < -0.3 is 4.90 Å². The minimum atomic E-state index is -4.04. The second kappa shape index (κ2) is 10.9. The zero-order valence-corrected chi connectivity index (χ0v) is 23.6. The number of carbonyl (C=O) groups excluding carboxylic acids is 1. The number of rotatable bonds is 6. The Hall–Kier alpha value is -2.79. The van der Waals surface area contributed by atoms with E-state index in [1.54, 1.807) is 54.3 Å². The third kappa shape index (κ3) is 5.87. The second-order valence-electron chi connectivity index (χ2n) is 8.71. The van der Waals surface area contributed by atoms with Crippen molar-refractivity contribution in [2.75, 3.05) is 6.54 Å². The molecule has 1 heterocycles. The number of benzene rings is 3. The second-order valence-corrected chi connectivity index (χ2v) is 13.8. The molecule has 0 saturated carbocycles. The topological polar surface area (TPSA) is 124 Å². The lowest BCUT2D eigenvalue weighted by Crippen LogP contribution is -2.49. The average Bonchev–Trinajstić information content (AvgIpc) is 2.88. The Morgan fingerprint density at radius 2 is 1.73 bits per heavy atom. The predicted molar refractivity (Wildman–Crippen MR) is 146 cm³/mol. The lowest BCUT2D eigenvalue weighted by molar-refractivity contribution is 0.0696. The fraction of sp³-hybridized carbons (Fsp3) is 0.231. The minimum absolute atomic E-state index is 0.0836. The van der Waals surface area contributed by atoms with Crippen molar-refractivity contribution >= 4 is 48.4 Å². The maximum absolute atomic E-state index is 13.3. The number of sulfone groups is 1. The van der Waals surface area contributed by atoms with Gasteiger partial charge in [-0.25, -0.2) is 21.6 Å². The van der Waals surface area contributed by atoms with Crippen LogP contribution in [0, 0.1) is 18.3 Å². The number of nitrogens with one attached hydrogen (secondary N) is 1. The molecule has 3 aromatic carbocycles. The number of halogens is 1. The molecule has 0 spiro atoms. The molecule has 1 N–H and O–H groups in total. The summed E-state index contributed by atoms with van der Waals surface area (Å²) in [7, 11) is -7.92. The molecule has 37 heavy (non-hydrogen) atoms. The first-order chi connectivity index (χ1) is 17.5. The van der Waals surface area contributed by atoms with Gasteiger partial charge in [-0.1, -0.05) is 52.9 Å². The van der Waals surface area contributed by atoms with Crippen LogP contribution in [0.25, 0.3) is 0 Å². The molecule has 192 valence electrons. The normalized spacial score (nSPS) is 18.2. The summed E-state index contributed by atoms with van der Waals surface area (Å²) in [6.07, 6.45) is 0.772. The highest BCUT2D eigenvalue weighted by Crippen LogP contribution is 2.28. The van der Waals surface area contributed by atoms with Crippen molar-refractivity contribution in [1.29, 1.82) is 5.26 Å². The van der Waals surface area contributed by atoms with Crippen LogP contribution in [0.5, 0.6) is 0 Å². The fourth-order valence-electron chi connectivity index (χ4n) is 4.19. The van der Waals surface area contributed by atoms with Crippen LogP contribution in [0.2, 0.25) is 0 Å². The van der Waals surface area contributed by atoms with Crippen molar-refractivity contribution in [3.8, 4) is 6.07 Å². The van der Waals surface area contributed by atoms with Crippen LogP contribution >= 0.6 is 22.6 Å². The van der Waals surface area contributed by atoms with Crippen molar-refractivity contribution in [3.63, 3.8) is 0 Å². The molecule has 3 aromatic rings. The zero-order valence-electron chi connectivity index (χ0n) is 19.8. The Bertz CT molecular complexity index is 1590. The van der Waals surface area contributed by atoms with E-state index in [1.165, 1.54) is 30.3 Å². The Morgan fingerprint density at radius 3 is 2.41 bits per heavy atom. The quantitative estimate of drug-likeness (QED) is 0.244. The third-order valence-electron chi connectivity index (χ3n) is 6.17. The Kier molecular flexibility index (Phi) is 8.03. The number of carbonyl (C=O) groups is 1. The number of amides is 1. The van der Waals surface area contributed by atoms with Crippen molar-refractivity contribution in [2.45, 2.75) is 44.5 Å². The average molecular weight is 650 g/mol. The molecule has 4 rings (SSSR count). The number of piperidine rings is 1. The number of hydrogen-bond acceptors (Lipinski definition) is 6. The first-order valence-electron chi connectivity index (χ1n) is 11.4. The molecule has 1 aliphatic heterocycles. The van der Waals surface area contributed by atoms with E-state index in [0.717, 1.165) is 0 Å². The van der Waals surface area contributed by atoms with E-state index in [2.05, 4.69) is 27.3 Å². The molecule has 1 saturated heterocycles. The van der Waals surface area contributed by atoms with E-state index in [4.69, 9.17) is 5.26 Å². The standard InChI is InChI=1S/C26H24IN3O5S2/c1-18-10-11-23(36(32,33)22-8-3-2-4-9-22)16-24(18)37(34,35)29-21-12-13-30(25(27)15-21)26(31)20-7-5-6-19(14-20)17-28/h2-11,14,16,21,25,29H,12-13,15H2,1H3. The van der Waals surface area contributed by atoms with Gasteiger partial charge in [0.1, 0.15) is 0 Å². The van der Waals surface area contributed by atoms with Gasteiger partial charge >= 0.3 is 0 Å². The summed E-state index contributed by atoms with van der Waals surface area (Å²) in [5.41, 5.74) is 1.23. The number of sulfonamides is 1. The number of nitriles is 1. The monoisotopic (exact) mass is 649 g/mol. The van der Waals surface area contributed by atoms with Crippen LogP contribution in [0.15, 0.2) is 87.5 Å². The maximum atomic E-state index is 13.3. The molecule has 2 unspecified atom stereocenters. The Balaban J connectivity index is 1.51. The highest BCUT2D eigenvalue weighted by atomic mass is 127. The van der Waals surface area contributed by atoms with E-state index in [9.17, 15) is 21.6 Å². The highest BCUT2D eigenvalue weighted by molar-refractivity contribution is 14.1. The van der Waals surface area contributed by atoms with Crippen LogP contribution in [0.3, 0.4) is 0 Å². The van der Waals surface area contributed by atoms with Gasteiger partial charge in [0.15, 0.2) is 0 Å². The van der Waals surface area contributed by atoms with Gasteiger partial charge in [-0.3, -0.25) is 4.79 Å². The lowest BCUT2D eigenvalue weighted by atomic mass is 10.0. The summed E-state index contributed by atoms with van der Waals surface area (Å²) in [6.45, 7) is 1.95. The van der Waals surface area contributed by atoms with Crippen LogP contribution in [-0.2, 0) is 19.9 Å². The summed E-state index contributed by atoms with van der Waals surface area (Å²) < 4.78 is 55.2. The SMILES string of the molecule is Cc1ccc(S(=O)(=O)c2ccccc2)cc1S(=O)(=O)NC1CCN(C(=O)c2cccc(C#N)c2)C(I)C1. The van der Waals surface area contributed by atoms with Crippen molar-refractivity contribution in [3.05, 3.63) is 89.5 Å². The van der Waals surface area contributed by atoms with Crippen molar-refractivity contribution in [2.24, 2.45) is 0 Å². The summed E-state index contributed by atoms with van der Waals surface area (Å²) in [5.74, 6) is -0.215. The lowest BCUT2D eigenvalue weighted by Gasteiger charge is -2.36. The fourth-order valence-corrected chi connectivity index (χ4v) is 8.28. The molecule has 0 aromatic heterocycles. The molecule has 2 atom stereocenters. The Labute approximate surface area is 230 Å². The maximum Gasteiger partial charge on any atom is 0.254 e. The van der Waals surface area contributed by atoms with E-state index >= 15 is 0 Å². The molecule has 8 nitrogen and oxygen atoms in total. The van der Waals surface area contributed by atoms with Gasteiger partial charge in [-0.05, 0) is 67.8 Å². The predicted octanol–water partition coefficient (Wildman–Crippen LogP) is 4.04. The summed E-state index contributed by atoms with van der Waals surface area (Å²) in [5, 5.41) is 9.11. The van der Waals surface area contributed by atoms with Gasteiger partial charge in [0, 0.05) is 18.2 Å². The largest absolute Gasteiger partial charge is 0.327 e. The van der Waals surface area contributed by atoms with Gasteiger partial charge in [-0.2, -0.15) is 5.26 Å². The van der Waals surface area contributed by atoms with Crippen LogP contribution in [-0.4, -0.2) is 44.3 Å². The van der Waals surface area contributed by atoms with E-state index in [0.29, 0.717) is 36.1 Å². The summed E-state index contributed by atoms with van der Waals surface area (Å²) in [6, 6.07) is 20.0. The number of likely N-dealkylation sites (tertiary alicyclic amines) is 1. The molecule has 0 radical (unpaired) electrons. The van der Waals surface area contributed by atoms with E-state index in [-0.39, 0.29) is 24.6 Å². The molecular weight excluding hydrogens is 625 g/mol. The van der Waals surface area contributed by atoms with Crippen LogP contribution in [0.4, 0.5) is 0 Å². The zero-order chi connectivity index (χ0) is 26.8. The molecule has 0 aliphatic carbocycles. The van der Waals surface area contributed by atoms with Gasteiger partial charge in [0.25, 0.3) is 5.91 Å². The molecule has 1 amide bonds. The van der Waals surface area contributed by atoms with Gasteiger partial charge in [-0.15, -0.1) is 0 Å². The Morgan fingerprint density at radius 1 is 1.00 bits per heavy atom. The molecule has 1 aliphatic rings. The molecular formula is C26H24IN3O5S2. The van der Waals surface area contributed by atoms with Crippen molar-refractivity contribution < 1.29 is 21.6 Å². The first kappa shape index (κ1) is 27.3. The minimum Gasteiger partial charge on any atom is -0.327 e. The molecule has 0 bridgehead atoms. The summed E-state index contributed by atoms with van der Waals surface area (Å²) in [4.78, 5) is 14.6. The van der Waals surface area contributed by atoms with E-state index in [1.807, 2.05) is 6.07 Å². The first-order valence-corrected chi connectivity index (χ1v) is 15.6. The molecule has 1 fully saturated rings.